The molecule has 0 bridgehead atoms. The first-order chi connectivity index (χ1) is 8.22. The molecule has 2 fully saturated rings. The van der Waals surface area contributed by atoms with Crippen molar-refractivity contribution in [3.8, 4) is 0 Å². The lowest BCUT2D eigenvalue weighted by Gasteiger charge is -2.47. The molecule has 2 atom stereocenters. The van der Waals surface area contributed by atoms with Gasteiger partial charge in [-0.15, -0.1) is 0 Å². The van der Waals surface area contributed by atoms with Gasteiger partial charge in [-0.25, -0.2) is 8.42 Å². The third kappa shape index (κ3) is 2.73. The Balaban J connectivity index is 2.05. The van der Waals surface area contributed by atoms with Crippen molar-refractivity contribution >= 4 is 10.0 Å². The van der Waals surface area contributed by atoms with Crippen molar-refractivity contribution in [2.45, 2.75) is 64.6 Å². The third-order valence-electron chi connectivity index (χ3n) is 4.26. The Morgan fingerprint density at radius 1 is 1.17 bits per heavy atom. The second-order valence-electron chi connectivity index (χ2n) is 6.67. The Morgan fingerprint density at radius 2 is 1.83 bits per heavy atom. The van der Waals surface area contributed by atoms with Gasteiger partial charge in [-0.3, -0.25) is 4.90 Å². The summed E-state index contributed by atoms with van der Waals surface area (Å²) in [7, 11) is -2.95. The molecule has 2 heterocycles. The highest BCUT2D eigenvalue weighted by Crippen LogP contribution is 2.30. The van der Waals surface area contributed by atoms with Crippen molar-refractivity contribution in [1.82, 2.24) is 9.21 Å². The fourth-order valence-electron chi connectivity index (χ4n) is 3.47. The van der Waals surface area contributed by atoms with Crippen LogP contribution in [0.25, 0.3) is 0 Å². The number of rotatable bonds is 1. The van der Waals surface area contributed by atoms with Gasteiger partial charge in [0.25, 0.3) is 0 Å². The van der Waals surface area contributed by atoms with Crippen LogP contribution in [0.3, 0.4) is 0 Å². The Hall–Kier alpha value is -0.130. The lowest BCUT2D eigenvalue weighted by molar-refractivity contribution is 0.0354. The molecule has 5 heteroatoms. The molecule has 0 saturated carbocycles. The van der Waals surface area contributed by atoms with E-state index in [1.807, 2.05) is 0 Å². The summed E-state index contributed by atoms with van der Waals surface area (Å²) in [6, 6.07) is 0.686. The minimum absolute atomic E-state index is 0.175. The molecule has 2 aliphatic heterocycles. The van der Waals surface area contributed by atoms with E-state index in [2.05, 4.69) is 32.6 Å². The van der Waals surface area contributed by atoms with E-state index in [-0.39, 0.29) is 11.6 Å². The van der Waals surface area contributed by atoms with E-state index in [1.165, 1.54) is 0 Å². The second kappa shape index (κ2) is 4.76. The molecule has 0 radical (unpaired) electrons. The van der Waals surface area contributed by atoms with E-state index < -0.39 is 10.0 Å². The normalized spacial score (nSPS) is 34.9. The van der Waals surface area contributed by atoms with Crippen molar-refractivity contribution < 1.29 is 8.42 Å². The number of hydrogen-bond donors (Lipinski definition) is 0. The molecule has 2 rings (SSSR count). The predicted octanol–water partition coefficient (Wildman–Crippen LogP) is 1.67. The lowest BCUT2D eigenvalue weighted by Crippen LogP contribution is -2.55. The Labute approximate surface area is 111 Å². The van der Waals surface area contributed by atoms with Gasteiger partial charge in [0.15, 0.2) is 0 Å². The molecule has 0 spiro atoms. The highest BCUT2D eigenvalue weighted by atomic mass is 32.2. The molecular formula is C13H26N2O2S. The average Bonchev–Trinajstić information content (AvgIpc) is 2.55. The molecule has 2 unspecified atom stereocenters. The maximum absolute atomic E-state index is 12.0. The summed E-state index contributed by atoms with van der Waals surface area (Å²) in [6.07, 6.45) is 2.74. The average molecular weight is 274 g/mol. The molecule has 4 nitrogen and oxygen atoms in total. The highest BCUT2D eigenvalue weighted by molar-refractivity contribution is 7.89. The van der Waals surface area contributed by atoms with Gasteiger partial charge in [0.05, 0.1) is 5.75 Å². The largest absolute Gasteiger partial charge is 0.296 e. The summed E-state index contributed by atoms with van der Waals surface area (Å²) in [6.45, 7) is 10.7. The summed E-state index contributed by atoms with van der Waals surface area (Å²) in [4.78, 5) is 2.49. The van der Waals surface area contributed by atoms with Crippen LogP contribution in [0.5, 0.6) is 0 Å². The molecule has 0 amide bonds. The van der Waals surface area contributed by atoms with E-state index in [9.17, 15) is 8.42 Å². The maximum Gasteiger partial charge on any atom is 0.214 e. The minimum Gasteiger partial charge on any atom is -0.296 e. The molecule has 2 saturated heterocycles. The van der Waals surface area contributed by atoms with E-state index in [0.29, 0.717) is 11.8 Å². The van der Waals surface area contributed by atoms with Crippen LogP contribution in [-0.2, 0) is 10.0 Å². The maximum atomic E-state index is 12.0. The number of sulfonamides is 1. The zero-order chi connectivity index (χ0) is 13.6. The molecule has 0 aromatic heterocycles. The first-order valence-corrected chi connectivity index (χ1v) is 8.59. The zero-order valence-electron chi connectivity index (χ0n) is 12.0. The van der Waals surface area contributed by atoms with Crippen molar-refractivity contribution in [2.24, 2.45) is 0 Å². The van der Waals surface area contributed by atoms with Crippen LogP contribution in [-0.4, -0.2) is 54.1 Å². The summed E-state index contributed by atoms with van der Waals surface area (Å²) in [5, 5.41) is 0. The molecule has 18 heavy (non-hydrogen) atoms. The van der Waals surface area contributed by atoms with Crippen LogP contribution < -0.4 is 0 Å². The van der Waals surface area contributed by atoms with Crippen LogP contribution >= 0.6 is 0 Å². The van der Waals surface area contributed by atoms with Gasteiger partial charge in [0.1, 0.15) is 0 Å². The van der Waals surface area contributed by atoms with E-state index in [4.69, 9.17) is 0 Å². The summed E-state index contributed by atoms with van der Waals surface area (Å²) >= 11 is 0. The molecule has 0 N–H and O–H groups in total. The van der Waals surface area contributed by atoms with Gasteiger partial charge in [0, 0.05) is 30.7 Å². The standard InChI is InChI=1S/C13H26N2O2S/c1-11-10-12(6-8-14(11)13(2,3)4)15-7-5-9-18(15,16)17/h11-12H,5-10H2,1-4H3. The fraction of sp³-hybridized carbons (Fsp3) is 1.00. The summed E-state index contributed by atoms with van der Waals surface area (Å²) in [5.74, 6) is 0.348. The van der Waals surface area contributed by atoms with Gasteiger partial charge in [-0.1, -0.05) is 0 Å². The molecule has 0 aliphatic carbocycles. The number of piperidine rings is 1. The molecule has 2 aliphatic rings. The van der Waals surface area contributed by atoms with Crippen molar-refractivity contribution in [1.29, 1.82) is 0 Å². The van der Waals surface area contributed by atoms with Crippen LogP contribution in [0.4, 0.5) is 0 Å². The number of nitrogens with zero attached hydrogens (tertiary/aromatic N) is 2. The third-order valence-corrected chi connectivity index (χ3v) is 6.26. The van der Waals surface area contributed by atoms with Gasteiger partial charge >= 0.3 is 0 Å². The topological polar surface area (TPSA) is 40.6 Å². The first-order valence-electron chi connectivity index (χ1n) is 6.98. The van der Waals surface area contributed by atoms with Gasteiger partial charge in [-0.05, 0) is 47.0 Å². The van der Waals surface area contributed by atoms with Gasteiger partial charge in [0.2, 0.25) is 10.0 Å². The van der Waals surface area contributed by atoms with Crippen LogP contribution in [0.15, 0.2) is 0 Å². The smallest absolute Gasteiger partial charge is 0.214 e. The van der Waals surface area contributed by atoms with Gasteiger partial charge < -0.3 is 0 Å². The van der Waals surface area contributed by atoms with Crippen LogP contribution in [0.1, 0.15) is 47.0 Å². The Bertz CT molecular complexity index is 400. The predicted molar refractivity (Wildman–Crippen MR) is 74.1 cm³/mol. The SMILES string of the molecule is CC1CC(N2CCCS2(=O)=O)CCN1C(C)(C)C. The Kier molecular flexibility index (Phi) is 3.78. The molecule has 0 aromatic rings. The minimum atomic E-state index is -2.95. The molecule has 0 aromatic carbocycles. The van der Waals surface area contributed by atoms with Crippen molar-refractivity contribution in [2.75, 3.05) is 18.8 Å². The van der Waals surface area contributed by atoms with Crippen molar-refractivity contribution in [3.05, 3.63) is 0 Å². The van der Waals surface area contributed by atoms with Crippen LogP contribution in [0, 0.1) is 0 Å². The van der Waals surface area contributed by atoms with Crippen LogP contribution in [0.2, 0.25) is 0 Å². The molecular weight excluding hydrogens is 248 g/mol. The first kappa shape index (κ1) is 14.3. The van der Waals surface area contributed by atoms with E-state index >= 15 is 0 Å². The van der Waals surface area contributed by atoms with Crippen molar-refractivity contribution in [3.63, 3.8) is 0 Å². The second-order valence-corrected chi connectivity index (χ2v) is 8.71. The van der Waals surface area contributed by atoms with E-state index in [1.54, 1.807) is 4.31 Å². The zero-order valence-corrected chi connectivity index (χ0v) is 12.8. The number of hydrogen-bond acceptors (Lipinski definition) is 3. The van der Waals surface area contributed by atoms with Gasteiger partial charge in [-0.2, -0.15) is 4.31 Å². The lowest BCUT2D eigenvalue weighted by atomic mass is 9.92. The van der Waals surface area contributed by atoms with E-state index in [0.717, 1.165) is 32.4 Å². The molecule has 106 valence electrons. The summed E-state index contributed by atoms with van der Waals surface area (Å²) < 4.78 is 25.7. The monoisotopic (exact) mass is 274 g/mol. The summed E-state index contributed by atoms with van der Waals surface area (Å²) in [5.41, 5.74) is 0.175. The fourth-order valence-corrected chi connectivity index (χ4v) is 5.26. The quantitative estimate of drug-likeness (QED) is 0.730. The Morgan fingerprint density at radius 3 is 2.28 bits per heavy atom. The number of likely N-dealkylation sites (tertiary alicyclic amines) is 1. The highest BCUT2D eigenvalue weighted by Gasteiger charge is 2.40.